The number of anilines is 1. The van der Waals surface area contributed by atoms with Crippen molar-refractivity contribution < 1.29 is 4.79 Å². The van der Waals surface area contributed by atoms with E-state index in [0.29, 0.717) is 5.92 Å². The summed E-state index contributed by atoms with van der Waals surface area (Å²) in [5.74, 6) is 1.11. The van der Waals surface area contributed by atoms with E-state index in [4.69, 9.17) is 0 Å². The highest BCUT2D eigenvalue weighted by Crippen LogP contribution is 2.40. The summed E-state index contributed by atoms with van der Waals surface area (Å²) in [4.78, 5) is 14.2. The molecule has 2 atom stereocenters. The quantitative estimate of drug-likeness (QED) is 0.762. The van der Waals surface area contributed by atoms with Crippen LogP contribution in [0.4, 0.5) is 5.69 Å². The van der Waals surface area contributed by atoms with Gasteiger partial charge in [-0.3, -0.25) is 4.79 Å². The van der Waals surface area contributed by atoms with Crippen LogP contribution in [0, 0.1) is 11.8 Å². The molecule has 16 heavy (non-hydrogen) atoms. The molecule has 2 rings (SSSR count). The van der Waals surface area contributed by atoms with Gasteiger partial charge in [0.2, 0.25) is 5.91 Å². The Morgan fingerprint density at radius 1 is 1.31 bits per heavy atom. The number of hydrogen-bond donors (Lipinski definition) is 0. The number of nitrogens with zero attached hydrogens (tertiary/aromatic N) is 1. The molecular formula is C14H19NO. The molecule has 0 bridgehead atoms. The molecule has 1 aliphatic carbocycles. The van der Waals surface area contributed by atoms with E-state index < -0.39 is 0 Å². The van der Waals surface area contributed by atoms with Crippen LogP contribution in [0.1, 0.15) is 27.2 Å². The van der Waals surface area contributed by atoms with E-state index in [1.54, 1.807) is 0 Å². The fourth-order valence-electron chi connectivity index (χ4n) is 2.11. The summed E-state index contributed by atoms with van der Waals surface area (Å²) >= 11 is 0. The second kappa shape index (κ2) is 4.28. The summed E-state index contributed by atoms with van der Waals surface area (Å²) in [5.41, 5.74) is 1.02. The van der Waals surface area contributed by atoms with Crippen LogP contribution in [0.2, 0.25) is 0 Å². The van der Waals surface area contributed by atoms with E-state index in [0.717, 1.165) is 12.1 Å². The fourth-order valence-corrected chi connectivity index (χ4v) is 2.11. The Labute approximate surface area is 97.3 Å². The maximum absolute atomic E-state index is 12.3. The molecule has 0 radical (unpaired) electrons. The van der Waals surface area contributed by atoms with E-state index in [9.17, 15) is 4.79 Å². The smallest absolute Gasteiger partial charge is 0.230 e. The van der Waals surface area contributed by atoms with E-state index in [1.807, 2.05) is 35.2 Å². The molecule has 2 nitrogen and oxygen atoms in total. The lowest BCUT2D eigenvalue weighted by Gasteiger charge is -2.27. The predicted molar refractivity (Wildman–Crippen MR) is 66.3 cm³/mol. The minimum atomic E-state index is 0.225. The molecule has 86 valence electrons. The first kappa shape index (κ1) is 11.2. The molecule has 2 heteroatoms. The van der Waals surface area contributed by atoms with E-state index >= 15 is 0 Å². The first-order valence-electron chi connectivity index (χ1n) is 5.99. The van der Waals surface area contributed by atoms with E-state index in [1.165, 1.54) is 0 Å². The lowest BCUT2D eigenvalue weighted by Crippen LogP contribution is -2.38. The second-order valence-corrected chi connectivity index (χ2v) is 4.96. The Bertz CT molecular complexity index is 372. The van der Waals surface area contributed by atoms with Gasteiger partial charge in [0.1, 0.15) is 0 Å². The maximum atomic E-state index is 12.3. The van der Waals surface area contributed by atoms with Gasteiger partial charge in [-0.25, -0.2) is 0 Å². The van der Waals surface area contributed by atoms with Crippen LogP contribution in [0.25, 0.3) is 0 Å². The summed E-state index contributed by atoms with van der Waals surface area (Å²) in [6.45, 7) is 6.28. The molecule has 1 amide bonds. The first-order chi connectivity index (χ1) is 7.61. The molecule has 1 aromatic carbocycles. The Morgan fingerprint density at radius 2 is 1.88 bits per heavy atom. The average molecular weight is 217 g/mol. The predicted octanol–water partition coefficient (Wildman–Crippen LogP) is 3.08. The van der Waals surface area contributed by atoms with Gasteiger partial charge in [0, 0.05) is 17.6 Å². The highest BCUT2D eigenvalue weighted by Gasteiger charge is 2.42. The number of amides is 1. The van der Waals surface area contributed by atoms with E-state index in [-0.39, 0.29) is 17.9 Å². The van der Waals surface area contributed by atoms with Gasteiger partial charge < -0.3 is 4.90 Å². The average Bonchev–Trinajstić information content (AvgIpc) is 2.97. The summed E-state index contributed by atoms with van der Waals surface area (Å²) < 4.78 is 0. The van der Waals surface area contributed by atoms with Crippen LogP contribution < -0.4 is 4.90 Å². The van der Waals surface area contributed by atoms with Gasteiger partial charge in [-0.15, -0.1) is 0 Å². The van der Waals surface area contributed by atoms with Gasteiger partial charge in [0.15, 0.2) is 0 Å². The van der Waals surface area contributed by atoms with Crippen LogP contribution in [0.15, 0.2) is 30.3 Å². The monoisotopic (exact) mass is 217 g/mol. The molecule has 1 aliphatic rings. The topological polar surface area (TPSA) is 20.3 Å². The van der Waals surface area contributed by atoms with Crippen molar-refractivity contribution in [2.45, 2.75) is 33.2 Å². The Morgan fingerprint density at radius 3 is 2.31 bits per heavy atom. The van der Waals surface area contributed by atoms with Gasteiger partial charge >= 0.3 is 0 Å². The van der Waals surface area contributed by atoms with Crippen molar-refractivity contribution in [3.05, 3.63) is 30.3 Å². The fraction of sp³-hybridized carbons (Fsp3) is 0.500. The van der Waals surface area contributed by atoms with Crippen LogP contribution in [0.5, 0.6) is 0 Å². The van der Waals surface area contributed by atoms with Crippen LogP contribution in [-0.4, -0.2) is 11.9 Å². The maximum Gasteiger partial charge on any atom is 0.230 e. The van der Waals surface area contributed by atoms with E-state index in [2.05, 4.69) is 20.8 Å². The molecule has 0 N–H and O–H groups in total. The van der Waals surface area contributed by atoms with Crippen molar-refractivity contribution in [1.29, 1.82) is 0 Å². The van der Waals surface area contributed by atoms with Crippen LogP contribution >= 0.6 is 0 Å². The zero-order chi connectivity index (χ0) is 11.7. The summed E-state index contributed by atoms with van der Waals surface area (Å²) in [5, 5.41) is 0. The summed E-state index contributed by atoms with van der Waals surface area (Å²) in [6, 6.07) is 10.2. The number of hydrogen-bond acceptors (Lipinski definition) is 1. The van der Waals surface area contributed by atoms with Gasteiger partial charge in [-0.2, -0.15) is 0 Å². The lowest BCUT2D eigenvalue weighted by molar-refractivity contribution is -0.120. The highest BCUT2D eigenvalue weighted by atomic mass is 16.2. The van der Waals surface area contributed by atoms with Crippen molar-refractivity contribution in [2.75, 3.05) is 4.90 Å². The zero-order valence-electron chi connectivity index (χ0n) is 10.2. The SMILES string of the molecule is CC1CC1C(=O)N(c1ccccc1)C(C)C. The van der Waals surface area contributed by atoms with Crippen LogP contribution in [-0.2, 0) is 4.79 Å². The Balaban J connectivity index is 2.21. The Hall–Kier alpha value is -1.31. The normalized spacial score (nSPS) is 23.2. The third-order valence-corrected chi connectivity index (χ3v) is 3.21. The molecule has 1 fully saturated rings. The second-order valence-electron chi connectivity index (χ2n) is 4.96. The summed E-state index contributed by atoms with van der Waals surface area (Å²) in [7, 11) is 0. The Kier molecular flexibility index (Phi) is 2.99. The molecule has 1 saturated carbocycles. The van der Waals surface area contributed by atoms with Crippen molar-refractivity contribution in [1.82, 2.24) is 0 Å². The molecule has 0 aliphatic heterocycles. The number of benzene rings is 1. The lowest BCUT2D eigenvalue weighted by atomic mass is 10.2. The molecule has 2 unspecified atom stereocenters. The number of carbonyl (C=O) groups excluding carboxylic acids is 1. The number of rotatable bonds is 3. The third kappa shape index (κ3) is 2.11. The van der Waals surface area contributed by atoms with Gasteiger partial charge in [-0.1, -0.05) is 25.1 Å². The third-order valence-electron chi connectivity index (χ3n) is 3.21. The first-order valence-corrected chi connectivity index (χ1v) is 5.99. The van der Waals surface area contributed by atoms with Gasteiger partial charge in [0.05, 0.1) is 0 Å². The zero-order valence-corrected chi connectivity index (χ0v) is 10.2. The number of para-hydroxylation sites is 1. The van der Waals surface area contributed by atoms with Crippen LogP contribution in [0.3, 0.4) is 0 Å². The molecular weight excluding hydrogens is 198 g/mol. The molecule has 0 saturated heterocycles. The molecule has 0 aromatic heterocycles. The molecule has 1 aromatic rings. The van der Waals surface area contributed by atoms with Gasteiger partial charge in [-0.05, 0) is 38.3 Å². The summed E-state index contributed by atoms with van der Waals surface area (Å²) in [6.07, 6.45) is 1.05. The molecule has 0 spiro atoms. The standard InChI is InChI=1S/C14H19NO/c1-10(2)15(12-7-5-4-6-8-12)14(16)13-9-11(13)3/h4-8,10-11,13H,9H2,1-3H3. The number of carbonyl (C=O) groups is 1. The van der Waals surface area contributed by atoms with Crippen molar-refractivity contribution in [3.8, 4) is 0 Å². The van der Waals surface area contributed by atoms with Crippen molar-refractivity contribution >= 4 is 11.6 Å². The van der Waals surface area contributed by atoms with Crippen molar-refractivity contribution in [2.24, 2.45) is 11.8 Å². The minimum absolute atomic E-state index is 0.225. The largest absolute Gasteiger partial charge is 0.310 e. The van der Waals surface area contributed by atoms with Gasteiger partial charge in [0.25, 0.3) is 0 Å². The van der Waals surface area contributed by atoms with Crippen molar-refractivity contribution in [3.63, 3.8) is 0 Å². The highest BCUT2D eigenvalue weighted by molar-refractivity contribution is 5.97. The molecule has 0 heterocycles. The minimum Gasteiger partial charge on any atom is -0.310 e.